The van der Waals surface area contributed by atoms with Crippen LogP contribution in [0.15, 0.2) is 39.7 Å². The molecule has 0 unspecified atom stereocenters. The Balaban J connectivity index is 2.82. The molecule has 0 saturated heterocycles. The highest BCUT2D eigenvalue weighted by Gasteiger charge is 2.18. The van der Waals surface area contributed by atoms with Crippen molar-refractivity contribution in [3.8, 4) is 11.1 Å². The first kappa shape index (κ1) is 15.9. The summed E-state index contributed by atoms with van der Waals surface area (Å²) >= 11 is 5.08. The number of nitrogens with two attached hydrogens (primary N) is 1. The van der Waals surface area contributed by atoms with Crippen molar-refractivity contribution >= 4 is 48.5 Å². The Morgan fingerprint density at radius 1 is 1.20 bits per heavy atom. The Morgan fingerprint density at radius 2 is 1.85 bits per heavy atom. The third-order valence-corrected chi connectivity index (χ3v) is 5.21. The van der Waals surface area contributed by atoms with E-state index in [1.807, 2.05) is 29.5 Å². The minimum absolute atomic E-state index is 0.0273. The number of aryl methyl sites for hydroxylation is 1. The molecule has 0 saturated carbocycles. The summed E-state index contributed by atoms with van der Waals surface area (Å²) < 4.78 is 37.8. The van der Waals surface area contributed by atoms with E-state index in [0.29, 0.717) is 14.7 Å². The highest BCUT2D eigenvalue weighted by molar-refractivity contribution is 14.1. The van der Waals surface area contributed by atoms with Crippen molar-refractivity contribution < 1.29 is 12.8 Å². The van der Waals surface area contributed by atoms with Crippen LogP contribution in [0, 0.1) is 16.3 Å². The topological polar surface area (TPSA) is 60.2 Å². The lowest BCUT2D eigenvalue weighted by atomic mass is 10.0. The number of hydrogen-bond acceptors (Lipinski definition) is 2. The molecule has 0 amide bonds. The number of primary sulfonamides is 1. The predicted molar refractivity (Wildman–Crippen MR) is 88.4 cm³/mol. The van der Waals surface area contributed by atoms with E-state index in [1.165, 1.54) is 12.1 Å². The summed E-state index contributed by atoms with van der Waals surface area (Å²) in [4.78, 5) is 0.0273. The summed E-state index contributed by atoms with van der Waals surface area (Å²) in [5, 5.41) is 5.25. The van der Waals surface area contributed by atoms with Crippen LogP contribution < -0.4 is 5.14 Å². The van der Waals surface area contributed by atoms with E-state index in [4.69, 9.17) is 5.14 Å². The smallest absolute Gasteiger partial charge is 0.225 e. The number of sulfonamides is 1. The zero-order valence-electron chi connectivity index (χ0n) is 10.3. The van der Waals surface area contributed by atoms with Gasteiger partial charge in [0.15, 0.2) is 0 Å². The van der Waals surface area contributed by atoms with Crippen LogP contribution >= 0.6 is 38.5 Å². The molecule has 7 heteroatoms. The van der Waals surface area contributed by atoms with Gasteiger partial charge in [-0.3, -0.25) is 0 Å². The van der Waals surface area contributed by atoms with Gasteiger partial charge in [0.25, 0.3) is 0 Å². The van der Waals surface area contributed by atoms with Gasteiger partial charge in [-0.05, 0) is 69.2 Å². The van der Waals surface area contributed by atoms with Crippen LogP contribution in [0.25, 0.3) is 11.1 Å². The van der Waals surface area contributed by atoms with Crippen LogP contribution in [0.4, 0.5) is 4.39 Å². The molecule has 2 N–H and O–H groups in total. The highest BCUT2D eigenvalue weighted by atomic mass is 127. The molecule has 0 bridgehead atoms. The summed E-state index contributed by atoms with van der Waals surface area (Å²) in [6, 6.07) is 7.76. The van der Waals surface area contributed by atoms with Gasteiger partial charge in [0.1, 0.15) is 5.82 Å². The largest absolute Gasteiger partial charge is 0.238 e. The van der Waals surface area contributed by atoms with Gasteiger partial charge in [0, 0.05) is 9.13 Å². The molecule has 0 fully saturated rings. The first-order valence-electron chi connectivity index (χ1n) is 5.48. The van der Waals surface area contributed by atoms with Crippen LogP contribution in [-0.4, -0.2) is 8.42 Å². The van der Waals surface area contributed by atoms with Crippen molar-refractivity contribution in [1.29, 1.82) is 0 Å². The van der Waals surface area contributed by atoms with E-state index < -0.39 is 15.8 Å². The van der Waals surface area contributed by atoms with Crippen molar-refractivity contribution in [1.82, 2.24) is 0 Å². The lowest BCUT2D eigenvalue weighted by Gasteiger charge is -2.12. The van der Waals surface area contributed by atoms with Crippen LogP contribution in [0.1, 0.15) is 5.56 Å². The summed E-state index contributed by atoms with van der Waals surface area (Å²) in [5.41, 5.74) is 1.98. The normalized spacial score (nSPS) is 11.7. The maximum Gasteiger partial charge on any atom is 0.238 e. The zero-order chi connectivity index (χ0) is 15.1. The predicted octanol–water partition coefficient (Wildman–Crippen LogP) is 3.82. The van der Waals surface area contributed by atoms with Crippen LogP contribution in [0.2, 0.25) is 0 Å². The molecule has 0 aromatic heterocycles. The summed E-state index contributed by atoms with van der Waals surface area (Å²) in [7, 11) is -3.85. The number of halogens is 3. The summed E-state index contributed by atoms with van der Waals surface area (Å²) in [5.74, 6) is -0.400. The molecular weight excluding hydrogens is 460 g/mol. The first-order chi connectivity index (χ1) is 9.20. The van der Waals surface area contributed by atoms with Crippen LogP contribution in [0.5, 0.6) is 0 Å². The van der Waals surface area contributed by atoms with E-state index in [0.717, 1.165) is 5.56 Å². The standard InChI is InChI=1S/C13H10BrFINO2S/c1-7-2-3-13(20(17,18)19)9(4-7)8-5-10(14)11(15)6-12(8)16/h2-6H,1H3,(H2,17,18,19). The third kappa shape index (κ3) is 3.21. The fourth-order valence-corrected chi connectivity index (χ4v) is 3.63. The quantitative estimate of drug-likeness (QED) is 0.537. The molecule has 0 radical (unpaired) electrons. The van der Waals surface area contributed by atoms with Gasteiger partial charge in [0.05, 0.1) is 9.37 Å². The van der Waals surface area contributed by atoms with E-state index in [-0.39, 0.29) is 9.37 Å². The van der Waals surface area contributed by atoms with Crippen molar-refractivity contribution in [3.63, 3.8) is 0 Å². The number of benzene rings is 2. The van der Waals surface area contributed by atoms with E-state index in [2.05, 4.69) is 15.9 Å². The van der Waals surface area contributed by atoms with Crippen molar-refractivity contribution in [3.05, 3.63) is 49.8 Å². The molecule has 20 heavy (non-hydrogen) atoms. The molecule has 106 valence electrons. The SMILES string of the molecule is Cc1ccc(S(N)(=O)=O)c(-c2cc(Br)c(F)cc2I)c1. The van der Waals surface area contributed by atoms with Gasteiger partial charge in [0.2, 0.25) is 10.0 Å². The number of rotatable bonds is 2. The second kappa shape index (κ2) is 5.70. The van der Waals surface area contributed by atoms with Crippen molar-refractivity contribution in [2.45, 2.75) is 11.8 Å². The summed E-state index contributed by atoms with van der Waals surface area (Å²) in [6.45, 7) is 1.85. The molecule has 0 aliphatic carbocycles. The van der Waals surface area contributed by atoms with Gasteiger partial charge in [-0.25, -0.2) is 17.9 Å². The molecule has 0 atom stereocenters. The van der Waals surface area contributed by atoms with Crippen LogP contribution in [-0.2, 0) is 10.0 Å². The van der Waals surface area contributed by atoms with E-state index >= 15 is 0 Å². The van der Waals surface area contributed by atoms with Gasteiger partial charge in [-0.1, -0.05) is 17.7 Å². The minimum Gasteiger partial charge on any atom is -0.225 e. The molecular formula is C13H10BrFINO2S. The maximum absolute atomic E-state index is 13.5. The fraction of sp³-hybridized carbons (Fsp3) is 0.0769. The lowest BCUT2D eigenvalue weighted by molar-refractivity contribution is 0.598. The Labute approximate surface area is 138 Å². The fourth-order valence-electron chi connectivity index (χ4n) is 1.83. The van der Waals surface area contributed by atoms with Crippen molar-refractivity contribution in [2.75, 3.05) is 0 Å². The molecule has 2 aromatic carbocycles. The molecule has 3 nitrogen and oxygen atoms in total. The van der Waals surface area contributed by atoms with E-state index in [1.54, 1.807) is 18.2 Å². The highest BCUT2D eigenvalue weighted by Crippen LogP contribution is 2.34. The Morgan fingerprint density at radius 3 is 2.45 bits per heavy atom. The van der Waals surface area contributed by atoms with Gasteiger partial charge in [-0.2, -0.15) is 0 Å². The first-order valence-corrected chi connectivity index (χ1v) is 8.90. The Bertz CT molecular complexity index is 793. The van der Waals surface area contributed by atoms with E-state index in [9.17, 15) is 12.8 Å². The molecule has 0 aliphatic heterocycles. The number of hydrogen-bond donors (Lipinski definition) is 1. The Kier molecular flexibility index (Phi) is 4.53. The minimum atomic E-state index is -3.85. The zero-order valence-corrected chi connectivity index (χ0v) is 14.9. The molecule has 0 heterocycles. The second-order valence-electron chi connectivity index (χ2n) is 4.29. The molecule has 0 spiro atoms. The molecule has 2 rings (SSSR count). The Hall–Kier alpha value is -0.510. The van der Waals surface area contributed by atoms with Gasteiger partial charge < -0.3 is 0 Å². The van der Waals surface area contributed by atoms with Crippen LogP contribution in [0.3, 0.4) is 0 Å². The summed E-state index contributed by atoms with van der Waals surface area (Å²) in [6.07, 6.45) is 0. The average Bonchev–Trinajstić information content (AvgIpc) is 2.32. The van der Waals surface area contributed by atoms with Gasteiger partial charge in [-0.15, -0.1) is 0 Å². The van der Waals surface area contributed by atoms with Gasteiger partial charge >= 0.3 is 0 Å². The monoisotopic (exact) mass is 469 g/mol. The van der Waals surface area contributed by atoms with Crippen molar-refractivity contribution in [2.24, 2.45) is 5.14 Å². The third-order valence-electron chi connectivity index (χ3n) is 2.74. The average molecular weight is 470 g/mol. The molecule has 0 aliphatic rings. The second-order valence-corrected chi connectivity index (χ2v) is 7.84. The lowest BCUT2D eigenvalue weighted by Crippen LogP contribution is -2.13. The maximum atomic E-state index is 13.5. The molecule has 2 aromatic rings.